The maximum atomic E-state index is 12.6. The van der Waals surface area contributed by atoms with Crippen LogP contribution in [-0.4, -0.2) is 44.1 Å². The maximum absolute atomic E-state index is 12.6. The van der Waals surface area contributed by atoms with E-state index in [0.29, 0.717) is 32.5 Å². The Balaban J connectivity index is 1.40. The first-order valence-electron chi connectivity index (χ1n) is 8.92. The molecule has 3 heterocycles. The number of carbonyl (C=O) groups excluding carboxylic acids is 2. The summed E-state index contributed by atoms with van der Waals surface area (Å²) in [6, 6.07) is 7.55. The molecule has 1 saturated heterocycles. The van der Waals surface area contributed by atoms with Gasteiger partial charge in [0.2, 0.25) is 11.8 Å². The fourth-order valence-electron chi connectivity index (χ4n) is 3.52. The molecule has 0 aliphatic carbocycles. The zero-order valence-corrected chi connectivity index (χ0v) is 16.3. The third-order valence-electron chi connectivity index (χ3n) is 4.89. The molecule has 140 valence electrons. The average Bonchev–Trinajstić information content (AvgIpc) is 3.36. The molecule has 27 heavy (non-hydrogen) atoms. The lowest BCUT2D eigenvalue weighted by molar-refractivity contribution is -0.135. The Morgan fingerprint density at radius 1 is 1.37 bits per heavy atom. The highest BCUT2D eigenvalue weighted by atomic mass is 79.9. The number of amides is 2. The summed E-state index contributed by atoms with van der Waals surface area (Å²) in [6.45, 7) is 1.49. The molecule has 1 aliphatic heterocycles. The van der Waals surface area contributed by atoms with Gasteiger partial charge in [-0.1, -0.05) is 18.2 Å². The van der Waals surface area contributed by atoms with E-state index < -0.39 is 6.04 Å². The highest BCUT2D eigenvalue weighted by Crippen LogP contribution is 2.25. The molecule has 1 aliphatic rings. The Hall–Kier alpha value is -2.61. The van der Waals surface area contributed by atoms with E-state index in [4.69, 9.17) is 0 Å². The zero-order valence-electron chi connectivity index (χ0n) is 14.7. The van der Waals surface area contributed by atoms with Crippen LogP contribution in [0.2, 0.25) is 0 Å². The van der Waals surface area contributed by atoms with Crippen molar-refractivity contribution >= 4 is 38.6 Å². The molecule has 7 nitrogen and oxygen atoms in total. The first-order chi connectivity index (χ1) is 13.1. The molecular formula is C19H20BrN5O2. The summed E-state index contributed by atoms with van der Waals surface area (Å²) in [7, 11) is 0. The van der Waals surface area contributed by atoms with Crippen LogP contribution in [0.4, 0.5) is 0 Å². The summed E-state index contributed by atoms with van der Waals surface area (Å²) in [4.78, 5) is 29.9. The molecule has 0 bridgehead atoms. The Morgan fingerprint density at radius 3 is 3.04 bits per heavy atom. The first kappa shape index (κ1) is 17.8. The number of rotatable bonds is 6. The number of halogens is 1. The number of H-pyrrole nitrogens is 1. The second-order valence-electron chi connectivity index (χ2n) is 6.65. The van der Waals surface area contributed by atoms with E-state index in [0.717, 1.165) is 20.9 Å². The van der Waals surface area contributed by atoms with E-state index in [9.17, 15) is 9.59 Å². The summed E-state index contributed by atoms with van der Waals surface area (Å²) in [6.07, 6.45) is 6.45. The van der Waals surface area contributed by atoms with E-state index >= 15 is 0 Å². The molecule has 2 N–H and O–H groups in total. The monoisotopic (exact) mass is 429 g/mol. The number of benzene rings is 1. The summed E-state index contributed by atoms with van der Waals surface area (Å²) < 4.78 is 2.66. The number of para-hydroxylation sites is 1. The molecule has 0 saturated carbocycles. The largest absolute Gasteiger partial charge is 0.361 e. The lowest BCUT2D eigenvalue weighted by Gasteiger charge is -2.24. The number of likely N-dealkylation sites (tertiary alicyclic amines) is 1. The molecule has 3 aromatic rings. The van der Waals surface area contributed by atoms with Crippen molar-refractivity contribution in [1.29, 1.82) is 0 Å². The van der Waals surface area contributed by atoms with E-state index in [2.05, 4.69) is 31.3 Å². The Morgan fingerprint density at radius 2 is 2.22 bits per heavy atom. The minimum atomic E-state index is -0.421. The minimum absolute atomic E-state index is 0.0245. The van der Waals surface area contributed by atoms with Gasteiger partial charge in [-0.15, -0.1) is 0 Å². The van der Waals surface area contributed by atoms with Crippen molar-refractivity contribution in [2.75, 3.05) is 6.54 Å². The molecule has 0 radical (unpaired) electrons. The van der Waals surface area contributed by atoms with E-state index in [1.54, 1.807) is 15.8 Å². The van der Waals surface area contributed by atoms with Crippen molar-refractivity contribution in [2.24, 2.45) is 0 Å². The van der Waals surface area contributed by atoms with Crippen LogP contribution in [0.15, 0.2) is 47.3 Å². The predicted molar refractivity (Wildman–Crippen MR) is 105 cm³/mol. The molecule has 8 heteroatoms. The molecule has 1 atom stereocenters. The van der Waals surface area contributed by atoms with Crippen molar-refractivity contribution in [3.05, 3.63) is 52.9 Å². The molecule has 1 fully saturated rings. The highest BCUT2D eigenvalue weighted by molar-refractivity contribution is 9.10. The molecule has 2 aromatic heterocycles. The number of carbonyl (C=O) groups is 2. The van der Waals surface area contributed by atoms with Gasteiger partial charge in [-0.25, -0.2) is 0 Å². The Labute approximate surface area is 164 Å². The van der Waals surface area contributed by atoms with Gasteiger partial charge in [0.15, 0.2) is 0 Å². The van der Waals surface area contributed by atoms with Gasteiger partial charge >= 0.3 is 0 Å². The highest BCUT2D eigenvalue weighted by Gasteiger charge is 2.36. The number of hydrogen-bond donors (Lipinski definition) is 2. The maximum Gasteiger partial charge on any atom is 0.242 e. The van der Waals surface area contributed by atoms with Crippen molar-refractivity contribution in [3.8, 4) is 0 Å². The van der Waals surface area contributed by atoms with Gasteiger partial charge in [0.05, 0.1) is 17.2 Å². The van der Waals surface area contributed by atoms with Crippen LogP contribution in [0.5, 0.6) is 0 Å². The summed E-state index contributed by atoms with van der Waals surface area (Å²) in [5, 5.41) is 8.18. The Kier molecular flexibility index (Phi) is 4.98. The summed E-state index contributed by atoms with van der Waals surface area (Å²) in [5.74, 6) is -0.0802. The molecule has 2 amide bonds. The molecule has 1 aromatic carbocycles. The third-order valence-corrected chi connectivity index (χ3v) is 5.30. The SMILES string of the molecule is O=C(NCCn1cc(Br)cn1)C1CCC(=O)N1Cc1c[nH]c2ccccc12. The lowest BCUT2D eigenvalue weighted by Crippen LogP contribution is -2.45. The lowest BCUT2D eigenvalue weighted by atomic mass is 10.1. The summed E-state index contributed by atoms with van der Waals surface area (Å²) in [5.41, 5.74) is 2.06. The van der Waals surface area contributed by atoms with Crippen LogP contribution in [0.1, 0.15) is 18.4 Å². The van der Waals surface area contributed by atoms with Gasteiger partial charge in [0.1, 0.15) is 6.04 Å². The standard InChI is InChI=1S/C19H20BrN5O2/c20-14-10-23-24(12-14)8-7-21-19(27)17-5-6-18(26)25(17)11-13-9-22-16-4-2-1-3-15(13)16/h1-4,9-10,12,17,22H,5-8,11H2,(H,21,27). The van der Waals surface area contributed by atoms with Crippen LogP contribution < -0.4 is 5.32 Å². The summed E-state index contributed by atoms with van der Waals surface area (Å²) >= 11 is 3.35. The number of aromatic amines is 1. The van der Waals surface area contributed by atoms with Crippen LogP contribution in [0.3, 0.4) is 0 Å². The van der Waals surface area contributed by atoms with Crippen LogP contribution in [-0.2, 0) is 22.7 Å². The van der Waals surface area contributed by atoms with E-state index in [1.165, 1.54) is 0 Å². The number of nitrogens with zero attached hydrogens (tertiary/aromatic N) is 3. The third kappa shape index (κ3) is 3.75. The van der Waals surface area contributed by atoms with Crippen molar-refractivity contribution in [1.82, 2.24) is 25.0 Å². The van der Waals surface area contributed by atoms with Crippen LogP contribution >= 0.6 is 15.9 Å². The van der Waals surface area contributed by atoms with E-state index in [-0.39, 0.29) is 11.8 Å². The van der Waals surface area contributed by atoms with E-state index in [1.807, 2.05) is 36.7 Å². The van der Waals surface area contributed by atoms with Gasteiger partial charge in [0.25, 0.3) is 0 Å². The number of nitrogens with one attached hydrogen (secondary N) is 2. The second kappa shape index (κ2) is 7.56. The fourth-order valence-corrected chi connectivity index (χ4v) is 3.85. The minimum Gasteiger partial charge on any atom is -0.361 e. The smallest absolute Gasteiger partial charge is 0.242 e. The molecule has 0 spiro atoms. The number of fused-ring (bicyclic) bond motifs is 1. The first-order valence-corrected chi connectivity index (χ1v) is 9.71. The topological polar surface area (TPSA) is 83.0 Å². The van der Waals surface area contributed by atoms with Crippen LogP contribution in [0, 0.1) is 0 Å². The normalized spacial score (nSPS) is 17.0. The number of hydrogen-bond acceptors (Lipinski definition) is 3. The van der Waals surface area contributed by atoms with Gasteiger partial charge in [-0.2, -0.15) is 5.10 Å². The average molecular weight is 430 g/mol. The van der Waals surface area contributed by atoms with Crippen molar-refractivity contribution in [3.63, 3.8) is 0 Å². The Bertz CT molecular complexity index is 979. The molecule has 4 rings (SSSR count). The second-order valence-corrected chi connectivity index (χ2v) is 7.56. The fraction of sp³-hybridized carbons (Fsp3) is 0.316. The quantitative estimate of drug-likeness (QED) is 0.630. The molecular weight excluding hydrogens is 410 g/mol. The van der Waals surface area contributed by atoms with Crippen molar-refractivity contribution < 1.29 is 9.59 Å². The number of aromatic nitrogens is 3. The molecule has 1 unspecified atom stereocenters. The van der Waals surface area contributed by atoms with Crippen molar-refractivity contribution in [2.45, 2.75) is 32.0 Å². The predicted octanol–water partition coefficient (Wildman–Crippen LogP) is 2.43. The zero-order chi connectivity index (χ0) is 18.8. The van der Waals surface area contributed by atoms with Gasteiger partial charge < -0.3 is 15.2 Å². The van der Waals surface area contributed by atoms with Gasteiger partial charge in [0, 0.05) is 42.8 Å². The van der Waals surface area contributed by atoms with Gasteiger partial charge in [-0.05, 0) is 34.0 Å². The van der Waals surface area contributed by atoms with Gasteiger partial charge in [-0.3, -0.25) is 14.3 Å². The van der Waals surface area contributed by atoms with Crippen LogP contribution in [0.25, 0.3) is 10.9 Å².